The minimum Gasteiger partial charge on any atom is -0.352 e. The molecule has 0 unspecified atom stereocenters. The Kier molecular flexibility index (Phi) is 2.79. The van der Waals surface area contributed by atoms with E-state index in [1.807, 2.05) is 55.1 Å². The Morgan fingerprint density at radius 2 is 2.00 bits per heavy atom. The van der Waals surface area contributed by atoms with Crippen LogP contribution in [0.25, 0.3) is 44.8 Å². The van der Waals surface area contributed by atoms with E-state index in [-0.39, 0.29) is 0 Å². The molecule has 5 aromatic rings. The highest BCUT2D eigenvalue weighted by Crippen LogP contribution is 2.28. The molecule has 0 radical (unpaired) electrons. The zero-order chi connectivity index (χ0) is 17.0. The van der Waals surface area contributed by atoms with Crippen LogP contribution < -0.4 is 0 Å². The van der Waals surface area contributed by atoms with Crippen LogP contribution in [-0.2, 0) is 7.05 Å². The van der Waals surface area contributed by atoms with Crippen LogP contribution in [0, 0.1) is 6.92 Å². The van der Waals surface area contributed by atoms with E-state index in [4.69, 9.17) is 4.98 Å². The molecule has 0 fully saturated rings. The summed E-state index contributed by atoms with van der Waals surface area (Å²) >= 11 is 0. The topological polar surface area (TPSA) is 88.1 Å². The number of pyridine rings is 2. The number of nitrogens with zero attached hydrogens (tertiary/aromatic N) is 5. The fourth-order valence-electron chi connectivity index (χ4n) is 3.05. The van der Waals surface area contributed by atoms with Crippen molar-refractivity contribution in [2.75, 3.05) is 0 Å². The summed E-state index contributed by atoms with van der Waals surface area (Å²) in [6, 6.07) is 9.88. The van der Waals surface area contributed by atoms with E-state index in [1.165, 1.54) is 0 Å². The van der Waals surface area contributed by atoms with Gasteiger partial charge in [-0.2, -0.15) is 5.10 Å². The Hall–Kier alpha value is -3.48. The monoisotopic (exact) mass is 329 g/mol. The molecule has 7 nitrogen and oxygen atoms in total. The highest BCUT2D eigenvalue weighted by atomic mass is 15.1. The van der Waals surface area contributed by atoms with Crippen LogP contribution >= 0.6 is 0 Å². The second-order valence-electron chi connectivity index (χ2n) is 6.03. The summed E-state index contributed by atoms with van der Waals surface area (Å²) in [7, 11) is 1.99. The molecule has 0 aliphatic carbocycles. The number of fused-ring (bicyclic) bond motifs is 2. The van der Waals surface area contributed by atoms with Gasteiger partial charge in [0.15, 0.2) is 0 Å². The summed E-state index contributed by atoms with van der Waals surface area (Å²) in [5, 5.41) is 7.51. The maximum absolute atomic E-state index is 4.83. The van der Waals surface area contributed by atoms with Gasteiger partial charge in [0.1, 0.15) is 17.0 Å². The zero-order valence-electron chi connectivity index (χ0n) is 13.8. The van der Waals surface area contributed by atoms with Crippen molar-refractivity contribution in [2.45, 2.75) is 6.92 Å². The normalized spacial score (nSPS) is 11.6. The van der Waals surface area contributed by atoms with Gasteiger partial charge in [0, 0.05) is 13.2 Å². The smallest absolute Gasteiger partial charge is 0.135 e. The summed E-state index contributed by atoms with van der Waals surface area (Å²) in [6.07, 6.45) is 3.62. The SMILES string of the molecule is Cc1ncc(-c2ccc3[nH]nc(-c4cc5ncccc5[nH]4)c3n2)n1C. The fourth-order valence-corrected chi connectivity index (χ4v) is 3.05. The predicted molar refractivity (Wildman–Crippen MR) is 95.9 cm³/mol. The molecule has 122 valence electrons. The van der Waals surface area contributed by atoms with Gasteiger partial charge in [-0.15, -0.1) is 0 Å². The van der Waals surface area contributed by atoms with E-state index in [0.717, 1.165) is 50.7 Å². The summed E-state index contributed by atoms with van der Waals surface area (Å²) < 4.78 is 2.03. The van der Waals surface area contributed by atoms with Gasteiger partial charge in [0.25, 0.3) is 0 Å². The molecule has 5 heterocycles. The van der Waals surface area contributed by atoms with Gasteiger partial charge in [-0.05, 0) is 37.3 Å². The molecule has 0 saturated carbocycles. The van der Waals surface area contributed by atoms with Gasteiger partial charge < -0.3 is 9.55 Å². The first-order chi connectivity index (χ1) is 12.2. The third-order valence-corrected chi connectivity index (χ3v) is 4.53. The van der Waals surface area contributed by atoms with E-state index in [0.29, 0.717) is 0 Å². The Morgan fingerprint density at radius 3 is 2.80 bits per heavy atom. The van der Waals surface area contributed by atoms with Crippen molar-refractivity contribution < 1.29 is 0 Å². The average molecular weight is 329 g/mol. The Morgan fingerprint density at radius 1 is 1.08 bits per heavy atom. The lowest BCUT2D eigenvalue weighted by molar-refractivity contribution is 0.862. The van der Waals surface area contributed by atoms with Crippen LogP contribution in [0.3, 0.4) is 0 Å². The number of rotatable bonds is 2. The lowest BCUT2D eigenvalue weighted by Gasteiger charge is -2.03. The quantitative estimate of drug-likeness (QED) is 0.520. The van der Waals surface area contributed by atoms with Crippen molar-refractivity contribution in [1.82, 2.24) is 34.7 Å². The van der Waals surface area contributed by atoms with Gasteiger partial charge >= 0.3 is 0 Å². The molecule has 7 heteroatoms. The predicted octanol–water partition coefficient (Wildman–Crippen LogP) is 3.21. The van der Waals surface area contributed by atoms with Gasteiger partial charge in [0.05, 0.1) is 39.8 Å². The van der Waals surface area contributed by atoms with E-state index >= 15 is 0 Å². The highest BCUT2D eigenvalue weighted by Gasteiger charge is 2.15. The summed E-state index contributed by atoms with van der Waals surface area (Å²) in [4.78, 5) is 16.9. The van der Waals surface area contributed by atoms with Crippen LogP contribution in [-0.4, -0.2) is 34.7 Å². The van der Waals surface area contributed by atoms with Crippen molar-refractivity contribution in [2.24, 2.45) is 7.05 Å². The average Bonchev–Trinajstić information content (AvgIpc) is 3.31. The van der Waals surface area contributed by atoms with Crippen molar-refractivity contribution in [3.8, 4) is 22.8 Å². The zero-order valence-corrected chi connectivity index (χ0v) is 13.8. The van der Waals surface area contributed by atoms with Gasteiger partial charge in [-0.1, -0.05) is 0 Å². The molecule has 2 N–H and O–H groups in total. The Labute approximate surface area is 142 Å². The second-order valence-corrected chi connectivity index (χ2v) is 6.03. The Bertz CT molecular complexity index is 1190. The number of nitrogens with one attached hydrogen (secondary N) is 2. The number of hydrogen-bond acceptors (Lipinski definition) is 4. The third-order valence-electron chi connectivity index (χ3n) is 4.53. The summed E-state index contributed by atoms with van der Waals surface area (Å²) in [6.45, 7) is 1.97. The number of aryl methyl sites for hydroxylation is 1. The molecule has 0 bridgehead atoms. The van der Waals surface area contributed by atoms with Gasteiger partial charge in [-0.3, -0.25) is 10.1 Å². The van der Waals surface area contributed by atoms with E-state index in [1.54, 1.807) is 6.20 Å². The molecule has 5 aromatic heterocycles. The lowest BCUT2D eigenvalue weighted by atomic mass is 10.2. The van der Waals surface area contributed by atoms with E-state index in [2.05, 4.69) is 25.1 Å². The van der Waals surface area contributed by atoms with Crippen LogP contribution in [0.1, 0.15) is 5.82 Å². The highest BCUT2D eigenvalue weighted by molar-refractivity contribution is 5.93. The van der Waals surface area contributed by atoms with Crippen molar-refractivity contribution in [3.05, 3.63) is 48.5 Å². The maximum atomic E-state index is 4.83. The molecule has 0 aromatic carbocycles. The standard InChI is InChI=1S/C18H15N7/c1-10-20-9-16(25(10)2)12-5-6-13-17(22-12)18(24-23-13)15-8-14-11(21-15)4-3-7-19-14/h3-9,21H,1-2H3,(H,23,24). The number of hydrogen-bond donors (Lipinski definition) is 2. The molecular formula is C18H15N7. The molecule has 0 aliphatic heterocycles. The molecule has 0 aliphatic rings. The molecule has 0 amide bonds. The van der Waals surface area contributed by atoms with Crippen LogP contribution in [0.15, 0.2) is 42.7 Å². The number of aromatic nitrogens is 7. The summed E-state index contributed by atoms with van der Waals surface area (Å²) in [5.41, 5.74) is 7.13. The number of imidazole rings is 1. The largest absolute Gasteiger partial charge is 0.352 e. The summed E-state index contributed by atoms with van der Waals surface area (Å²) in [5.74, 6) is 0.950. The molecule has 0 saturated heterocycles. The van der Waals surface area contributed by atoms with E-state index in [9.17, 15) is 0 Å². The second kappa shape index (κ2) is 5.01. The number of H-pyrrole nitrogens is 2. The lowest BCUT2D eigenvalue weighted by Crippen LogP contribution is -1.96. The van der Waals surface area contributed by atoms with Crippen LogP contribution in [0.4, 0.5) is 0 Å². The molecule has 0 atom stereocenters. The third kappa shape index (κ3) is 2.06. The fraction of sp³-hybridized carbons (Fsp3) is 0.111. The first-order valence-electron chi connectivity index (χ1n) is 7.98. The minimum atomic E-state index is 0.786. The van der Waals surface area contributed by atoms with Gasteiger partial charge in [0.2, 0.25) is 0 Å². The molecular weight excluding hydrogens is 314 g/mol. The van der Waals surface area contributed by atoms with Gasteiger partial charge in [-0.25, -0.2) is 9.97 Å². The first kappa shape index (κ1) is 13.9. The molecule has 5 rings (SSSR count). The molecule has 25 heavy (non-hydrogen) atoms. The van der Waals surface area contributed by atoms with E-state index < -0.39 is 0 Å². The number of aromatic amines is 2. The van der Waals surface area contributed by atoms with Crippen molar-refractivity contribution in [3.63, 3.8) is 0 Å². The van der Waals surface area contributed by atoms with Crippen LogP contribution in [0.5, 0.6) is 0 Å². The van der Waals surface area contributed by atoms with Crippen molar-refractivity contribution >= 4 is 22.1 Å². The minimum absolute atomic E-state index is 0.786. The van der Waals surface area contributed by atoms with Crippen LogP contribution in [0.2, 0.25) is 0 Å². The maximum Gasteiger partial charge on any atom is 0.135 e. The first-order valence-corrected chi connectivity index (χ1v) is 7.98. The van der Waals surface area contributed by atoms with Crippen molar-refractivity contribution in [1.29, 1.82) is 0 Å². The molecule has 0 spiro atoms. The Balaban J connectivity index is 1.71.